The van der Waals surface area contributed by atoms with Gasteiger partial charge in [-0.1, -0.05) is 30.3 Å². The number of benzene rings is 1. The standard InChI is InChI=1S/C18H21NO4S/c20-18(9-8-15-5-2-1-3-6-15)19(13-17-7-4-11-23-17)16-10-12-24(21,22)14-16/h1-7,11,16H,8-10,12-14H2/t16-/m0/s1. The van der Waals surface area contributed by atoms with E-state index in [1.807, 2.05) is 30.3 Å². The molecule has 6 heteroatoms. The molecule has 3 rings (SSSR count). The Morgan fingerprint density at radius 1 is 1.17 bits per heavy atom. The molecule has 0 saturated carbocycles. The molecular formula is C18H21NO4S. The summed E-state index contributed by atoms with van der Waals surface area (Å²) in [5, 5.41) is 0. The summed E-state index contributed by atoms with van der Waals surface area (Å²) in [4.78, 5) is 14.4. The Bertz CT molecular complexity index is 769. The minimum Gasteiger partial charge on any atom is -0.467 e. The first-order valence-corrected chi connectivity index (χ1v) is 9.92. The summed E-state index contributed by atoms with van der Waals surface area (Å²) in [5.74, 6) is 0.841. The Hall–Kier alpha value is -2.08. The first-order chi connectivity index (χ1) is 11.5. The van der Waals surface area contributed by atoms with Crippen molar-refractivity contribution in [1.82, 2.24) is 4.90 Å². The van der Waals surface area contributed by atoms with Crippen molar-refractivity contribution in [2.24, 2.45) is 0 Å². The minimum absolute atomic E-state index is 0.0302. The third-order valence-corrected chi connectivity index (χ3v) is 6.10. The monoisotopic (exact) mass is 347 g/mol. The van der Waals surface area contributed by atoms with Gasteiger partial charge in [-0.15, -0.1) is 0 Å². The molecule has 1 aromatic heterocycles. The van der Waals surface area contributed by atoms with Crippen molar-refractivity contribution >= 4 is 15.7 Å². The van der Waals surface area contributed by atoms with Crippen LogP contribution in [0.1, 0.15) is 24.2 Å². The molecule has 1 aliphatic rings. The average molecular weight is 347 g/mol. The molecule has 1 fully saturated rings. The van der Waals surface area contributed by atoms with Crippen LogP contribution in [-0.2, 0) is 27.6 Å². The van der Waals surface area contributed by atoms with E-state index in [1.54, 1.807) is 23.3 Å². The van der Waals surface area contributed by atoms with Gasteiger partial charge >= 0.3 is 0 Å². The normalized spacial score (nSPS) is 19.2. The fraction of sp³-hybridized carbons (Fsp3) is 0.389. The van der Waals surface area contributed by atoms with Gasteiger partial charge in [0.15, 0.2) is 9.84 Å². The summed E-state index contributed by atoms with van der Waals surface area (Å²) in [5.41, 5.74) is 1.10. The summed E-state index contributed by atoms with van der Waals surface area (Å²) in [6.45, 7) is 0.320. The van der Waals surface area contributed by atoms with Gasteiger partial charge in [0.2, 0.25) is 5.91 Å². The fourth-order valence-corrected chi connectivity index (χ4v) is 4.78. The highest BCUT2D eigenvalue weighted by atomic mass is 32.2. The zero-order chi connectivity index (χ0) is 17.0. The van der Waals surface area contributed by atoms with E-state index in [9.17, 15) is 13.2 Å². The number of carbonyl (C=O) groups excluding carboxylic acids is 1. The van der Waals surface area contributed by atoms with Crippen LogP contribution < -0.4 is 0 Å². The molecular weight excluding hydrogens is 326 g/mol. The lowest BCUT2D eigenvalue weighted by molar-refractivity contribution is -0.134. The van der Waals surface area contributed by atoms with Gasteiger partial charge in [0.1, 0.15) is 5.76 Å². The zero-order valence-electron chi connectivity index (χ0n) is 13.4. The molecule has 1 amide bonds. The van der Waals surface area contributed by atoms with E-state index in [4.69, 9.17) is 4.42 Å². The van der Waals surface area contributed by atoms with Crippen LogP contribution in [0.15, 0.2) is 53.1 Å². The smallest absolute Gasteiger partial charge is 0.223 e. The third kappa shape index (κ3) is 4.26. The number of hydrogen-bond acceptors (Lipinski definition) is 4. The predicted molar refractivity (Wildman–Crippen MR) is 91.1 cm³/mol. The van der Waals surface area contributed by atoms with Gasteiger partial charge in [-0.25, -0.2) is 8.42 Å². The van der Waals surface area contributed by atoms with Crippen LogP contribution in [0, 0.1) is 0 Å². The Morgan fingerprint density at radius 2 is 1.96 bits per heavy atom. The van der Waals surface area contributed by atoms with Gasteiger partial charge in [-0.3, -0.25) is 4.79 Å². The summed E-state index contributed by atoms with van der Waals surface area (Å²) in [6, 6.07) is 13.1. The molecule has 1 saturated heterocycles. The Balaban J connectivity index is 1.70. The largest absolute Gasteiger partial charge is 0.467 e. The van der Waals surface area contributed by atoms with Gasteiger partial charge in [0.05, 0.1) is 24.3 Å². The second-order valence-electron chi connectivity index (χ2n) is 6.14. The molecule has 0 unspecified atom stereocenters. The van der Waals surface area contributed by atoms with Crippen molar-refractivity contribution in [3.63, 3.8) is 0 Å². The molecule has 0 aliphatic carbocycles. The molecule has 128 valence electrons. The number of amides is 1. The molecule has 24 heavy (non-hydrogen) atoms. The van der Waals surface area contributed by atoms with Crippen molar-refractivity contribution in [3.05, 3.63) is 60.1 Å². The topological polar surface area (TPSA) is 67.6 Å². The van der Waals surface area contributed by atoms with E-state index < -0.39 is 9.84 Å². The van der Waals surface area contributed by atoms with Gasteiger partial charge in [0.25, 0.3) is 0 Å². The number of nitrogens with zero attached hydrogens (tertiary/aromatic N) is 1. The van der Waals surface area contributed by atoms with Crippen LogP contribution in [0.3, 0.4) is 0 Å². The number of furan rings is 1. The van der Waals surface area contributed by atoms with Crippen molar-refractivity contribution in [2.45, 2.75) is 31.8 Å². The number of rotatable bonds is 6. The van der Waals surface area contributed by atoms with Crippen molar-refractivity contribution in [1.29, 1.82) is 0 Å². The highest BCUT2D eigenvalue weighted by molar-refractivity contribution is 7.91. The summed E-state index contributed by atoms with van der Waals surface area (Å²) >= 11 is 0. The number of carbonyl (C=O) groups is 1. The highest BCUT2D eigenvalue weighted by Gasteiger charge is 2.34. The lowest BCUT2D eigenvalue weighted by Gasteiger charge is -2.27. The first kappa shape index (κ1) is 16.8. The SMILES string of the molecule is O=C(CCc1ccccc1)N(Cc1ccco1)[C@H]1CCS(=O)(=O)C1. The highest BCUT2D eigenvalue weighted by Crippen LogP contribution is 2.21. The van der Waals surface area contributed by atoms with Crippen molar-refractivity contribution in [3.8, 4) is 0 Å². The fourth-order valence-electron chi connectivity index (χ4n) is 3.05. The zero-order valence-corrected chi connectivity index (χ0v) is 14.2. The molecule has 0 N–H and O–H groups in total. The van der Waals surface area contributed by atoms with Crippen LogP contribution in [0.5, 0.6) is 0 Å². The van der Waals surface area contributed by atoms with Gasteiger partial charge in [-0.2, -0.15) is 0 Å². The van der Waals surface area contributed by atoms with E-state index >= 15 is 0 Å². The molecule has 1 aromatic carbocycles. The molecule has 5 nitrogen and oxygen atoms in total. The predicted octanol–water partition coefficient (Wildman–Crippen LogP) is 2.43. The number of hydrogen-bond donors (Lipinski definition) is 0. The van der Waals surface area contributed by atoms with Gasteiger partial charge < -0.3 is 9.32 Å². The van der Waals surface area contributed by atoms with Crippen LogP contribution in [-0.4, -0.2) is 36.8 Å². The number of sulfone groups is 1. The first-order valence-electron chi connectivity index (χ1n) is 8.10. The third-order valence-electron chi connectivity index (χ3n) is 4.35. The van der Waals surface area contributed by atoms with Crippen molar-refractivity contribution < 1.29 is 17.6 Å². The average Bonchev–Trinajstić information content (AvgIpc) is 3.20. The molecule has 1 aliphatic heterocycles. The Morgan fingerprint density at radius 3 is 2.58 bits per heavy atom. The minimum atomic E-state index is -3.04. The Kier molecular flexibility index (Phi) is 5.04. The summed E-state index contributed by atoms with van der Waals surface area (Å²) in [6.07, 6.45) is 3.07. The molecule has 2 aromatic rings. The molecule has 0 bridgehead atoms. The van der Waals surface area contributed by atoms with Crippen LogP contribution in [0.2, 0.25) is 0 Å². The lowest BCUT2D eigenvalue weighted by atomic mass is 10.1. The molecule has 1 atom stereocenters. The lowest BCUT2D eigenvalue weighted by Crippen LogP contribution is -2.40. The maximum atomic E-state index is 12.7. The molecule has 0 spiro atoms. The van der Waals surface area contributed by atoms with Crippen LogP contribution in [0.4, 0.5) is 0 Å². The Labute approximate surface area is 142 Å². The second-order valence-corrected chi connectivity index (χ2v) is 8.37. The van der Waals surface area contributed by atoms with E-state index in [2.05, 4.69) is 0 Å². The van der Waals surface area contributed by atoms with E-state index in [1.165, 1.54) is 0 Å². The van der Waals surface area contributed by atoms with Crippen LogP contribution >= 0.6 is 0 Å². The van der Waals surface area contributed by atoms with E-state index in [0.29, 0.717) is 31.6 Å². The molecule has 0 radical (unpaired) electrons. The van der Waals surface area contributed by atoms with E-state index in [0.717, 1.165) is 5.56 Å². The summed E-state index contributed by atoms with van der Waals surface area (Å²) in [7, 11) is -3.04. The number of aryl methyl sites for hydroxylation is 1. The van der Waals surface area contributed by atoms with Crippen molar-refractivity contribution in [2.75, 3.05) is 11.5 Å². The second kappa shape index (κ2) is 7.21. The molecule has 2 heterocycles. The van der Waals surface area contributed by atoms with Gasteiger partial charge in [0, 0.05) is 12.5 Å². The van der Waals surface area contributed by atoms with Gasteiger partial charge in [-0.05, 0) is 30.5 Å². The quantitative estimate of drug-likeness (QED) is 0.805. The maximum Gasteiger partial charge on any atom is 0.223 e. The summed E-state index contributed by atoms with van der Waals surface area (Å²) < 4.78 is 28.9. The van der Waals surface area contributed by atoms with E-state index in [-0.39, 0.29) is 23.5 Å². The maximum absolute atomic E-state index is 12.7. The van der Waals surface area contributed by atoms with Crippen LogP contribution in [0.25, 0.3) is 0 Å².